The highest BCUT2D eigenvalue weighted by atomic mass is 35.5. The van der Waals surface area contributed by atoms with Gasteiger partial charge in [-0.25, -0.2) is 0 Å². The van der Waals surface area contributed by atoms with Gasteiger partial charge in [0.05, 0.1) is 0 Å². The maximum atomic E-state index is 12.8. The van der Waals surface area contributed by atoms with Gasteiger partial charge in [0, 0.05) is 37.9 Å². The predicted molar refractivity (Wildman–Crippen MR) is 97.7 cm³/mol. The van der Waals surface area contributed by atoms with Crippen LogP contribution in [0.3, 0.4) is 0 Å². The minimum Gasteiger partial charge on any atom is -0.337 e. The highest BCUT2D eigenvalue weighted by molar-refractivity contribution is 6.09. The van der Waals surface area contributed by atoms with Crippen LogP contribution in [0.4, 0.5) is 5.69 Å². The Balaban J connectivity index is 0.00000208. The molecule has 2 heterocycles. The van der Waals surface area contributed by atoms with Gasteiger partial charge in [0.2, 0.25) is 11.8 Å². The standard InChI is InChI=1S/C18H25N3O2.ClH/c1-12-8-13(2)10-15(9-12)21-6-4-16(18(21)23)17(22)20-7-5-19-11-14(20)3;/h8-10,14,16,19H,4-7,11H2,1-3H3;1H/t14-,16?;/m0./s1. The largest absolute Gasteiger partial charge is 0.337 e. The average Bonchev–Trinajstić information content (AvgIpc) is 2.88. The Morgan fingerprint density at radius 3 is 2.46 bits per heavy atom. The summed E-state index contributed by atoms with van der Waals surface area (Å²) in [6.45, 7) is 9.01. The summed E-state index contributed by atoms with van der Waals surface area (Å²) in [6, 6.07) is 6.28. The van der Waals surface area contributed by atoms with E-state index in [-0.39, 0.29) is 30.3 Å². The number of benzene rings is 1. The van der Waals surface area contributed by atoms with Gasteiger partial charge in [0.1, 0.15) is 5.92 Å². The van der Waals surface area contributed by atoms with E-state index in [1.165, 1.54) is 0 Å². The van der Waals surface area contributed by atoms with Crippen LogP contribution in [0.15, 0.2) is 18.2 Å². The minimum absolute atomic E-state index is 0. The number of hydrogen-bond acceptors (Lipinski definition) is 3. The van der Waals surface area contributed by atoms with Crippen molar-refractivity contribution in [3.63, 3.8) is 0 Å². The van der Waals surface area contributed by atoms with E-state index in [2.05, 4.69) is 11.4 Å². The zero-order valence-corrected chi connectivity index (χ0v) is 15.4. The van der Waals surface area contributed by atoms with E-state index in [4.69, 9.17) is 0 Å². The molecule has 3 rings (SSSR count). The molecule has 2 saturated heterocycles. The lowest BCUT2D eigenvalue weighted by Gasteiger charge is -2.35. The summed E-state index contributed by atoms with van der Waals surface area (Å²) < 4.78 is 0. The first-order chi connectivity index (χ1) is 11.0. The van der Waals surface area contributed by atoms with E-state index >= 15 is 0 Å². The van der Waals surface area contributed by atoms with Gasteiger partial charge in [-0.2, -0.15) is 0 Å². The van der Waals surface area contributed by atoms with E-state index in [1.807, 2.05) is 37.8 Å². The summed E-state index contributed by atoms with van der Waals surface area (Å²) >= 11 is 0. The molecule has 0 radical (unpaired) electrons. The molecule has 24 heavy (non-hydrogen) atoms. The van der Waals surface area contributed by atoms with Gasteiger partial charge in [-0.15, -0.1) is 12.4 Å². The Labute approximate surface area is 149 Å². The van der Waals surface area contributed by atoms with Crippen molar-refractivity contribution in [2.24, 2.45) is 5.92 Å². The van der Waals surface area contributed by atoms with Crippen LogP contribution >= 0.6 is 12.4 Å². The molecule has 1 N–H and O–H groups in total. The highest BCUT2D eigenvalue weighted by Gasteiger charge is 2.41. The van der Waals surface area contributed by atoms with Crippen molar-refractivity contribution < 1.29 is 9.59 Å². The third-order valence-electron chi connectivity index (χ3n) is 4.81. The Kier molecular flexibility index (Phi) is 5.88. The van der Waals surface area contributed by atoms with Gasteiger partial charge in [-0.3, -0.25) is 9.59 Å². The first-order valence-electron chi connectivity index (χ1n) is 8.38. The predicted octanol–water partition coefficient (Wildman–Crippen LogP) is 1.90. The second-order valence-corrected chi connectivity index (χ2v) is 6.76. The second-order valence-electron chi connectivity index (χ2n) is 6.76. The Morgan fingerprint density at radius 2 is 1.83 bits per heavy atom. The van der Waals surface area contributed by atoms with E-state index in [9.17, 15) is 9.59 Å². The topological polar surface area (TPSA) is 52.7 Å². The van der Waals surface area contributed by atoms with Crippen LogP contribution in [-0.4, -0.2) is 48.9 Å². The fraction of sp³-hybridized carbons (Fsp3) is 0.556. The number of nitrogens with zero attached hydrogens (tertiary/aromatic N) is 2. The number of rotatable bonds is 2. The van der Waals surface area contributed by atoms with Crippen molar-refractivity contribution >= 4 is 29.9 Å². The van der Waals surface area contributed by atoms with Crippen LogP contribution in [0.2, 0.25) is 0 Å². The normalized spacial score (nSPS) is 24.0. The van der Waals surface area contributed by atoms with Crippen molar-refractivity contribution in [3.8, 4) is 0 Å². The van der Waals surface area contributed by atoms with Crippen LogP contribution in [-0.2, 0) is 9.59 Å². The minimum atomic E-state index is -0.517. The smallest absolute Gasteiger partial charge is 0.239 e. The molecule has 1 aromatic rings. The number of carbonyl (C=O) groups is 2. The highest BCUT2D eigenvalue weighted by Crippen LogP contribution is 2.28. The molecule has 0 bridgehead atoms. The summed E-state index contributed by atoms with van der Waals surface area (Å²) in [7, 11) is 0. The number of piperazine rings is 1. The molecule has 0 aliphatic carbocycles. The lowest BCUT2D eigenvalue weighted by atomic mass is 10.0. The fourth-order valence-corrected chi connectivity index (χ4v) is 3.64. The van der Waals surface area contributed by atoms with Gasteiger partial charge < -0.3 is 15.1 Å². The molecule has 2 aliphatic heterocycles. The van der Waals surface area contributed by atoms with Gasteiger partial charge in [0.15, 0.2) is 0 Å². The summed E-state index contributed by atoms with van der Waals surface area (Å²) in [5, 5.41) is 3.28. The third kappa shape index (κ3) is 3.57. The number of hydrogen-bond donors (Lipinski definition) is 1. The first-order valence-corrected chi connectivity index (χ1v) is 8.38. The maximum Gasteiger partial charge on any atom is 0.239 e. The molecular formula is C18H26ClN3O2. The molecule has 2 fully saturated rings. The summed E-state index contributed by atoms with van der Waals surface area (Å²) in [4.78, 5) is 29.2. The first kappa shape index (κ1) is 18.7. The van der Waals surface area contributed by atoms with E-state index in [0.717, 1.165) is 29.9 Å². The molecule has 0 spiro atoms. The second kappa shape index (κ2) is 7.53. The van der Waals surface area contributed by atoms with E-state index in [1.54, 1.807) is 4.90 Å². The summed E-state index contributed by atoms with van der Waals surface area (Å²) in [5.41, 5.74) is 3.19. The monoisotopic (exact) mass is 351 g/mol. The fourth-order valence-electron chi connectivity index (χ4n) is 3.64. The molecule has 0 saturated carbocycles. The van der Waals surface area contributed by atoms with E-state index in [0.29, 0.717) is 19.5 Å². The van der Waals surface area contributed by atoms with Crippen molar-refractivity contribution in [1.82, 2.24) is 10.2 Å². The summed E-state index contributed by atoms with van der Waals surface area (Å²) in [5.74, 6) is -0.571. The summed E-state index contributed by atoms with van der Waals surface area (Å²) in [6.07, 6.45) is 0.612. The number of carbonyl (C=O) groups excluding carboxylic acids is 2. The van der Waals surface area contributed by atoms with Gasteiger partial charge in [-0.1, -0.05) is 6.07 Å². The third-order valence-corrected chi connectivity index (χ3v) is 4.81. The van der Waals surface area contributed by atoms with Crippen molar-refractivity contribution in [1.29, 1.82) is 0 Å². The lowest BCUT2D eigenvalue weighted by Crippen LogP contribution is -2.54. The SMILES string of the molecule is Cc1cc(C)cc(N2CCC(C(=O)N3CCNC[C@@H]3C)C2=O)c1.Cl. The molecule has 5 nitrogen and oxygen atoms in total. The number of amides is 2. The molecular weight excluding hydrogens is 326 g/mol. The Hall–Kier alpha value is -1.59. The van der Waals surface area contributed by atoms with Crippen LogP contribution < -0.4 is 10.2 Å². The van der Waals surface area contributed by atoms with Crippen LogP contribution in [0.1, 0.15) is 24.5 Å². The number of aryl methyl sites for hydroxylation is 2. The van der Waals surface area contributed by atoms with E-state index < -0.39 is 5.92 Å². The molecule has 2 atom stereocenters. The molecule has 0 aromatic heterocycles. The van der Waals surface area contributed by atoms with Crippen LogP contribution in [0.25, 0.3) is 0 Å². The zero-order valence-electron chi connectivity index (χ0n) is 14.5. The van der Waals surface area contributed by atoms with Crippen molar-refractivity contribution in [3.05, 3.63) is 29.3 Å². The Bertz CT molecular complexity index is 614. The number of halogens is 1. The van der Waals surface area contributed by atoms with Gasteiger partial charge in [0.25, 0.3) is 0 Å². The van der Waals surface area contributed by atoms with Gasteiger partial charge >= 0.3 is 0 Å². The van der Waals surface area contributed by atoms with Crippen LogP contribution in [0, 0.1) is 19.8 Å². The Morgan fingerprint density at radius 1 is 1.17 bits per heavy atom. The molecule has 132 valence electrons. The van der Waals surface area contributed by atoms with Gasteiger partial charge in [-0.05, 0) is 50.5 Å². The zero-order chi connectivity index (χ0) is 16.6. The quantitative estimate of drug-likeness (QED) is 0.828. The lowest BCUT2D eigenvalue weighted by molar-refractivity contribution is -0.142. The molecule has 1 unspecified atom stereocenters. The van der Waals surface area contributed by atoms with Crippen molar-refractivity contribution in [2.45, 2.75) is 33.2 Å². The van der Waals surface area contributed by atoms with Crippen molar-refractivity contribution in [2.75, 3.05) is 31.1 Å². The molecule has 2 aliphatic rings. The molecule has 6 heteroatoms. The molecule has 2 amide bonds. The van der Waals surface area contributed by atoms with Crippen LogP contribution in [0.5, 0.6) is 0 Å². The molecule has 1 aromatic carbocycles. The number of nitrogens with one attached hydrogen (secondary N) is 1. The average molecular weight is 352 g/mol. The maximum absolute atomic E-state index is 12.8. The number of anilines is 1.